The van der Waals surface area contributed by atoms with Gasteiger partial charge in [0.1, 0.15) is 6.54 Å². The Kier molecular flexibility index (Phi) is 6.66. The zero-order valence-electron chi connectivity index (χ0n) is 13.0. The zero-order valence-corrected chi connectivity index (χ0v) is 13.8. The molecule has 8 nitrogen and oxygen atoms in total. The van der Waals surface area contributed by atoms with Crippen molar-refractivity contribution < 1.29 is 23.9 Å². The smallest absolute Gasteiger partial charge is 0.325 e. The molecule has 1 heterocycles. The molecule has 9 heteroatoms. The van der Waals surface area contributed by atoms with Gasteiger partial charge < -0.3 is 10.1 Å². The molecule has 0 atom stereocenters. The van der Waals surface area contributed by atoms with Gasteiger partial charge in [-0.25, -0.2) is 0 Å². The van der Waals surface area contributed by atoms with E-state index in [4.69, 9.17) is 4.74 Å². The number of ether oxygens (including phenoxy) is 1. The van der Waals surface area contributed by atoms with E-state index in [1.807, 2.05) is 0 Å². The molecule has 2 rings (SSSR count). The molecule has 0 spiro atoms. The number of carbonyl (C=O) groups excluding carboxylic acids is 4. The highest BCUT2D eigenvalue weighted by Crippen LogP contribution is 2.07. The van der Waals surface area contributed by atoms with Crippen LogP contribution in [-0.2, 0) is 14.3 Å². The van der Waals surface area contributed by atoms with Crippen molar-refractivity contribution in [2.75, 3.05) is 13.2 Å². The molecule has 3 N–H and O–H groups in total. The molecule has 0 fully saturated rings. The molecule has 0 aliphatic rings. The number of carbonyl (C=O) groups is 4. The van der Waals surface area contributed by atoms with Crippen LogP contribution in [0.25, 0.3) is 0 Å². The lowest BCUT2D eigenvalue weighted by Gasteiger charge is -2.08. The number of rotatable bonds is 6. The molecule has 0 bridgehead atoms. The number of hydrazine groups is 1. The lowest BCUT2D eigenvalue weighted by Crippen LogP contribution is -2.44. The van der Waals surface area contributed by atoms with Gasteiger partial charge in [-0.1, -0.05) is 24.3 Å². The first-order chi connectivity index (χ1) is 12.1. The third kappa shape index (κ3) is 6.07. The highest BCUT2D eigenvalue weighted by Gasteiger charge is 2.12. The van der Waals surface area contributed by atoms with E-state index < -0.39 is 30.3 Å². The molecule has 0 aliphatic carbocycles. The Hall–Kier alpha value is -3.20. The van der Waals surface area contributed by atoms with Crippen LogP contribution in [0.1, 0.15) is 20.0 Å². The minimum absolute atomic E-state index is 0.361. The summed E-state index contributed by atoms with van der Waals surface area (Å²) in [6, 6.07) is 11.6. The Morgan fingerprint density at radius 3 is 2.36 bits per heavy atom. The van der Waals surface area contributed by atoms with E-state index in [2.05, 4.69) is 16.2 Å². The van der Waals surface area contributed by atoms with Crippen LogP contribution in [0.15, 0.2) is 47.8 Å². The molecule has 0 saturated carbocycles. The monoisotopic (exact) mass is 361 g/mol. The van der Waals surface area contributed by atoms with Crippen molar-refractivity contribution in [2.24, 2.45) is 0 Å². The van der Waals surface area contributed by atoms with Crippen LogP contribution in [-0.4, -0.2) is 36.8 Å². The van der Waals surface area contributed by atoms with E-state index in [1.165, 1.54) is 11.3 Å². The van der Waals surface area contributed by atoms with Crippen molar-refractivity contribution in [1.82, 2.24) is 16.2 Å². The Labute approximate surface area is 147 Å². The first kappa shape index (κ1) is 18.1. The molecule has 130 valence electrons. The van der Waals surface area contributed by atoms with E-state index in [0.717, 1.165) is 0 Å². The summed E-state index contributed by atoms with van der Waals surface area (Å²) in [6.07, 6.45) is 0. The maximum atomic E-state index is 11.7. The molecule has 0 aliphatic heterocycles. The summed E-state index contributed by atoms with van der Waals surface area (Å²) in [5, 5.41) is 4.11. The fraction of sp³-hybridized carbons (Fsp3) is 0.125. The first-order valence-corrected chi connectivity index (χ1v) is 8.06. The maximum absolute atomic E-state index is 11.7. The highest BCUT2D eigenvalue weighted by molar-refractivity contribution is 7.12. The van der Waals surface area contributed by atoms with Crippen LogP contribution in [0.5, 0.6) is 0 Å². The number of nitrogens with one attached hydrogen (secondary N) is 3. The van der Waals surface area contributed by atoms with Crippen LogP contribution in [0.3, 0.4) is 0 Å². The molecular formula is C16H15N3O5S. The number of esters is 1. The van der Waals surface area contributed by atoms with E-state index in [0.29, 0.717) is 10.4 Å². The summed E-state index contributed by atoms with van der Waals surface area (Å²) in [4.78, 5) is 46.8. The number of hydrogen-bond acceptors (Lipinski definition) is 6. The van der Waals surface area contributed by atoms with Gasteiger partial charge in [-0.05, 0) is 23.6 Å². The summed E-state index contributed by atoms with van der Waals surface area (Å²) in [5.74, 6) is -2.37. The summed E-state index contributed by atoms with van der Waals surface area (Å²) < 4.78 is 4.70. The third-order valence-corrected chi connectivity index (χ3v) is 3.72. The second-order valence-electron chi connectivity index (χ2n) is 4.69. The Bertz CT molecular complexity index is 746. The number of amides is 3. The molecule has 3 amide bonds. The van der Waals surface area contributed by atoms with Crippen molar-refractivity contribution in [1.29, 1.82) is 0 Å². The quantitative estimate of drug-likeness (QED) is 0.512. The van der Waals surface area contributed by atoms with Crippen LogP contribution in [0.4, 0.5) is 0 Å². The van der Waals surface area contributed by atoms with Crippen molar-refractivity contribution in [2.45, 2.75) is 0 Å². The Morgan fingerprint density at radius 2 is 1.68 bits per heavy atom. The average molecular weight is 361 g/mol. The van der Waals surface area contributed by atoms with Crippen LogP contribution in [0.2, 0.25) is 0 Å². The Morgan fingerprint density at radius 1 is 0.920 bits per heavy atom. The van der Waals surface area contributed by atoms with Gasteiger partial charge in [0.05, 0.1) is 4.88 Å². The van der Waals surface area contributed by atoms with Crippen molar-refractivity contribution in [3.8, 4) is 0 Å². The molecule has 1 aromatic carbocycles. The van der Waals surface area contributed by atoms with Gasteiger partial charge in [0, 0.05) is 5.56 Å². The summed E-state index contributed by atoms with van der Waals surface area (Å²) in [5.41, 5.74) is 4.69. The fourth-order valence-corrected chi connectivity index (χ4v) is 2.31. The zero-order chi connectivity index (χ0) is 18.1. The topological polar surface area (TPSA) is 114 Å². The van der Waals surface area contributed by atoms with E-state index in [-0.39, 0.29) is 6.54 Å². The number of hydrogen-bond donors (Lipinski definition) is 3. The summed E-state index contributed by atoms with van der Waals surface area (Å²) in [7, 11) is 0. The lowest BCUT2D eigenvalue weighted by atomic mass is 10.2. The third-order valence-electron chi connectivity index (χ3n) is 2.85. The first-order valence-electron chi connectivity index (χ1n) is 7.18. The van der Waals surface area contributed by atoms with E-state index in [9.17, 15) is 19.2 Å². The second-order valence-corrected chi connectivity index (χ2v) is 5.64. The van der Waals surface area contributed by atoms with Crippen LogP contribution >= 0.6 is 11.3 Å². The van der Waals surface area contributed by atoms with Gasteiger partial charge in [-0.3, -0.25) is 30.0 Å². The fourth-order valence-electron chi connectivity index (χ4n) is 1.67. The van der Waals surface area contributed by atoms with Gasteiger partial charge in [-0.2, -0.15) is 0 Å². The Balaban J connectivity index is 1.63. The summed E-state index contributed by atoms with van der Waals surface area (Å²) >= 11 is 1.24. The molecule has 0 unspecified atom stereocenters. The summed E-state index contributed by atoms with van der Waals surface area (Å²) in [6.45, 7) is -0.941. The number of benzene rings is 1. The number of thiophene rings is 1. The van der Waals surface area contributed by atoms with Gasteiger partial charge in [0.15, 0.2) is 6.61 Å². The van der Waals surface area contributed by atoms with Gasteiger partial charge in [0.2, 0.25) is 0 Å². The van der Waals surface area contributed by atoms with E-state index in [1.54, 1.807) is 47.8 Å². The predicted molar refractivity (Wildman–Crippen MR) is 89.7 cm³/mol. The van der Waals surface area contributed by atoms with Crippen molar-refractivity contribution in [3.63, 3.8) is 0 Å². The SMILES string of the molecule is O=C(COC(=O)CNC(=O)c1cccs1)NNC(=O)c1ccccc1. The van der Waals surface area contributed by atoms with Crippen molar-refractivity contribution >= 4 is 35.0 Å². The molecule has 0 saturated heterocycles. The van der Waals surface area contributed by atoms with Crippen molar-refractivity contribution in [3.05, 3.63) is 58.3 Å². The van der Waals surface area contributed by atoms with Gasteiger partial charge in [-0.15, -0.1) is 11.3 Å². The molecule has 25 heavy (non-hydrogen) atoms. The highest BCUT2D eigenvalue weighted by atomic mass is 32.1. The molecule has 1 aromatic heterocycles. The normalized spacial score (nSPS) is 9.76. The minimum Gasteiger partial charge on any atom is -0.454 e. The van der Waals surface area contributed by atoms with Gasteiger partial charge >= 0.3 is 5.97 Å². The largest absolute Gasteiger partial charge is 0.454 e. The standard InChI is InChI=1S/C16H15N3O5S/c20-13(18-19-15(22)11-5-2-1-3-6-11)10-24-14(21)9-17-16(23)12-7-4-8-25-12/h1-8H,9-10H2,(H,17,23)(H,18,20)(H,19,22). The molecular weight excluding hydrogens is 346 g/mol. The molecule has 2 aromatic rings. The predicted octanol–water partition coefficient (Wildman–Crippen LogP) is 0.482. The second kappa shape index (κ2) is 9.18. The molecule has 0 radical (unpaired) electrons. The average Bonchev–Trinajstić information content (AvgIpc) is 3.18. The van der Waals surface area contributed by atoms with Gasteiger partial charge in [0.25, 0.3) is 17.7 Å². The minimum atomic E-state index is -0.769. The van der Waals surface area contributed by atoms with E-state index >= 15 is 0 Å². The maximum Gasteiger partial charge on any atom is 0.325 e. The lowest BCUT2D eigenvalue weighted by molar-refractivity contribution is -0.147. The van der Waals surface area contributed by atoms with Crippen LogP contribution in [0, 0.1) is 0 Å². The van der Waals surface area contributed by atoms with Crippen LogP contribution < -0.4 is 16.2 Å².